The van der Waals surface area contributed by atoms with Crippen LogP contribution in [-0.4, -0.2) is 28.5 Å². The third-order valence-electron chi connectivity index (χ3n) is 4.84. The minimum Gasteiger partial charge on any atom is -0.393 e. The van der Waals surface area contributed by atoms with Crippen molar-refractivity contribution in [1.29, 1.82) is 0 Å². The predicted molar refractivity (Wildman–Crippen MR) is 112 cm³/mol. The molecule has 28 heavy (non-hydrogen) atoms. The van der Waals surface area contributed by atoms with Gasteiger partial charge in [0.25, 0.3) is 0 Å². The Labute approximate surface area is 167 Å². The topological polar surface area (TPSA) is 49.7 Å². The fraction of sp³-hybridized carbons (Fsp3) is 0.280. The van der Waals surface area contributed by atoms with E-state index in [1.54, 1.807) is 0 Å². The molecular formula is C25H28O3. The molecule has 0 aliphatic carbocycles. The lowest BCUT2D eigenvalue weighted by molar-refractivity contribution is -0.0667. The maximum atomic E-state index is 10.8. The van der Waals surface area contributed by atoms with Crippen LogP contribution in [0.5, 0.6) is 0 Å². The van der Waals surface area contributed by atoms with E-state index in [0.717, 1.165) is 16.7 Å². The highest BCUT2D eigenvalue weighted by molar-refractivity contribution is 5.17. The summed E-state index contributed by atoms with van der Waals surface area (Å²) in [6.45, 7) is 0.412. The first-order chi connectivity index (χ1) is 13.7. The maximum absolute atomic E-state index is 10.8. The normalized spacial score (nSPS) is 14.4. The van der Waals surface area contributed by atoms with Gasteiger partial charge in [-0.05, 0) is 23.1 Å². The molecule has 3 atom stereocenters. The Morgan fingerprint density at radius 3 is 1.61 bits per heavy atom. The zero-order valence-corrected chi connectivity index (χ0v) is 16.0. The van der Waals surface area contributed by atoms with Crippen molar-refractivity contribution in [2.75, 3.05) is 0 Å². The highest BCUT2D eigenvalue weighted by Crippen LogP contribution is 2.17. The average molecular weight is 376 g/mol. The summed E-state index contributed by atoms with van der Waals surface area (Å²) in [7, 11) is 0. The summed E-state index contributed by atoms with van der Waals surface area (Å²) in [5.41, 5.74) is 3.19. The minimum absolute atomic E-state index is 0.385. The van der Waals surface area contributed by atoms with Gasteiger partial charge < -0.3 is 14.9 Å². The summed E-state index contributed by atoms with van der Waals surface area (Å²) >= 11 is 0. The van der Waals surface area contributed by atoms with Crippen molar-refractivity contribution in [2.24, 2.45) is 0 Å². The highest BCUT2D eigenvalue weighted by atomic mass is 16.5. The molecule has 1 unspecified atom stereocenters. The summed E-state index contributed by atoms with van der Waals surface area (Å²) < 4.78 is 6.06. The van der Waals surface area contributed by atoms with Crippen LogP contribution in [0, 0.1) is 0 Å². The molecule has 3 aromatic carbocycles. The fourth-order valence-electron chi connectivity index (χ4n) is 3.34. The van der Waals surface area contributed by atoms with E-state index < -0.39 is 18.3 Å². The van der Waals surface area contributed by atoms with E-state index in [1.807, 2.05) is 91.0 Å². The first kappa shape index (κ1) is 20.3. The van der Waals surface area contributed by atoms with Crippen molar-refractivity contribution in [1.82, 2.24) is 0 Å². The van der Waals surface area contributed by atoms with E-state index in [0.29, 0.717) is 25.9 Å². The molecule has 0 radical (unpaired) electrons. The number of aliphatic hydroxyl groups is 2. The van der Waals surface area contributed by atoms with Gasteiger partial charge in [-0.25, -0.2) is 0 Å². The Morgan fingerprint density at radius 2 is 1.07 bits per heavy atom. The molecule has 0 aliphatic rings. The van der Waals surface area contributed by atoms with Crippen LogP contribution in [0.4, 0.5) is 0 Å². The highest BCUT2D eigenvalue weighted by Gasteiger charge is 2.24. The summed E-state index contributed by atoms with van der Waals surface area (Å²) in [6.07, 6.45) is -0.276. The second kappa shape index (κ2) is 10.8. The molecule has 3 rings (SSSR count). The molecular weight excluding hydrogens is 348 g/mol. The van der Waals surface area contributed by atoms with Crippen molar-refractivity contribution in [3.63, 3.8) is 0 Å². The van der Waals surface area contributed by atoms with Gasteiger partial charge >= 0.3 is 0 Å². The maximum Gasteiger partial charge on any atom is 0.0866 e. The van der Waals surface area contributed by atoms with Gasteiger partial charge in [0.1, 0.15) is 0 Å². The van der Waals surface area contributed by atoms with Crippen LogP contribution in [0.1, 0.15) is 23.1 Å². The van der Waals surface area contributed by atoms with Crippen LogP contribution < -0.4 is 0 Å². The quantitative estimate of drug-likeness (QED) is 0.558. The monoisotopic (exact) mass is 376 g/mol. The van der Waals surface area contributed by atoms with E-state index in [4.69, 9.17) is 4.74 Å². The number of hydrogen-bond acceptors (Lipinski definition) is 3. The van der Waals surface area contributed by atoms with E-state index in [1.165, 1.54) is 0 Å². The molecule has 0 saturated heterocycles. The van der Waals surface area contributed by atoms with Gasteiger partial charge in [0.15, 0.2) is 0 Å². The van der Waals surface area contributed by atoms with Crippen LogP contribution in [0.25, 0.3) is 0 Å². The van der Waals surface area contributed by atoms with Crippen LogP contribution in [0.3, 0.4) is 0 Å². The lowest BCUT2D eigenvalue weighted by Crippen LogP contribution is -2.35. The first-order valence-corrected chi connectivity index (χ1v) is 9.80. The number of hydrogen-bond donors (Lipinski definition) is 2. The van der Waals surface area contributed by atoms with Gasteiger partial charge in [0.05, 0.1) is 24.9 Å². The largest absolute Gasteiger partial charge is 0.393 e. The molecule has 3 nitrogen and oxygen atoms in total. The fourth-order valence-corrected chi connectivity index (χ4v) is 3.34. The molecule has 0 fully saturated rings. The molecule has 0 amide bonds. The van der Waals surface area contributed by atoms with Crippen LogP contribution in [-0.2, 0) is 24.2 Å². The Morgan fingerprint density at radius 1 is 0.607 bits per heavy atom. The molecule has 0 heterocycles. The van der Waals surface area contributed by atoms with Crippen molar-refractivity contribution < 1.29 is 14.9 Å². The lowest BCUT2D eigenvalue weighted by atomic mass is 9.97. The summed E-state index contributed by atoms with van der Waals surface area (Å²) in [4.78, 5) is 0. The van der Waals surface area contributed by atoms with E-state index in [2.05, 4.69) is 0 Å². The van der Waals surface area contributed by atoms with Crippen LogP contribution in [0.15, 0.2) is 91.0 Å². The molecule has 0 aromatic heterocycles. The molecule has 3 aromatic rings. The van der Waals surface area contributed by atoms with E-state index in [-0.39, 0.29) is 0 Å². The zero-order chi connectivity index (χ0) is 19.6. The lowest BCUT2D eigenvalue weighted by Gasteiger charge is -2.26. The van der Waals surface area contributed by atoms with Gasteiger partial charge in [-0.3, -0.25) is 0 Å². The van der Waals surface area contributed by atoms with E-state index >= 15 is 0 Å². The zero-order valence-electron chi connectivity index (χ0n) is 16.0. The summed E-state index contributed by atoms with van der Waals surface area (Å²) in [5.74, 6) is 0. The van der Waals surface area contributed by atoms with Gasteiger partial charge in [0, 0.05) is 12.8 Å². The molecule has 146 valence electrons. The molecule has 0 saturated carbocycles. The summed E-state index contributed by atoms with van der Waals surface area (Å²) in [6, 6.07) is 29.7. The van der Waals surface area contributed by atoms with Crippen molar-refractivity contribution in [3.05, 3.63) is 108 Å². The second-order valence-corrected chi connectivity index (χ2v) is 7.17. The Kier molecular flexibility index (Phi) is 7.80. The molecule has 3 heteroatoms. The van der Waals surface area contributed by atoms with Crippen LogP contribution in [0.2, 0.25) is 0 Å². The first-order valence-electron chi connectivity index (χ1n) is 9.80. The van der Waals surface area contributed by atoms with Gasteiger partial charge in [0.2, 0.25) is 0 Å². The predicted octanol–water partition coefficient (Wildman–Crippen LogP) is 4.17. The van der Waals surface area contributed by atoms with Crippen LogP contribution >= 0.6 is 0 Å². The second-order valence-electron chi connectivity index (χ2n) is 7.17. The van der Waals surface area contributed by atoms with Crippen molar-refractivity contribution >= 4 is 0 Å². The third-order valence-corrected chi connectivity index (χ3v) is 4.84. The Balaban J connectivity index is 1.64. The summed E-state index contributed by atoms with van der Waals surface area (Å²) in [5, 5.41) is 21.4. The standard InChI is InChI=1S/C25H28O3/c26-23(16-20-10-4-1-5-11-20)18-25(28-19-22-14-8-3-9-15-22)24(27)17-21-12-6-2-7-13-21/h1-15,23-27H,16-19H2/t23?,24-,25+/m1/s1. The SMILES string of the molecule is OC(Cc1ccccc1)C[C@H](OCc1ccccc1)[C@H](O)Cc1ccccc1. The van der Waals surface area contributed by atoms with E-state index in [9.17, 15) is 10.2 Å². The number of aliphatic hydroxyl groups excluding tert-OH is 2. The third kappa shape index (κ3) is 6.61. The Bertz CT molecular complexity index is 790. The van der Waals surface area contributed by atoms with Gasteiger partial charge in [-0.1, -0.05) is 91.0 Å². The van der Waals surface area contributed by atoms with Gasteiger partial charge in [-0.15, -0.1) is 0 Å². The number of ether oxygens (including phenoxy) is 1. The molecule has 2 N–H and O–H groups in total. The molecule has 0 aliphatic heterocycles. The number of rotatable bonds is 10. The smallest absolute Gasteiger partial charge is 0.0866 e. The van der Waals surface area contributed by atoms with Crippen molar-refractivity contribution in [3.8, 4) is 0 Å². The average Bonchev–Trinajstić information content (AvgIpc) is 2.73. The number of benzene rings is 3. The van der Waals surface area contributed by atoms with Gasteiger partial charge in [-0.2, -0.15) is 0 Å². The Hall–Kier alpha value is -2.46. The minimum atomic E-state index is -0.684. The molecule has 0 spiro atoms. The molecule has 0 bridgehead atoms. The van der Waals surface area contributed by atoms with Crippen molar-refractivity contribution in [2.45, 2.75) is 44.2 Å².